The highest BCUT2D eigenvalue weighted by Crippen LogP contribution is 2.53. The summed E-state index contributed by atoms with van der Waals surface area (Å²) in [7, 11) is 0. The molecule has 4 heterocycles. The van der Waals surface area contributed by atoms with Gasteiger partial charge in [0.2, 0.25) is 0 Å². The minimum atomic E-state index is 1.11. The van der Waals surface area contributed by atoms with Crippen LogP contribution in [0.25, 0.3) is 242 Å². The zero-order valence-electron chi connectivity index (χ0n) is 59.6. The second-order valence-corrected chi connectivity index (χ2v) is 30.2. The standard InChI is InChI=1S/C106H62N4/c1-3-21-73(22-4-1)107-97-34-13-11-28-81(97)91-54-65(39-48-99(91)107)68-42-51-102-94(57-68)84-46-38-70(61-104(84)110(102)75-25-15-20-63(52-75)64-36-44-79-87-32-16-30-85-77-26-9-7-18-71(77)58-95(105(85)87)89(79)53-64)69-37-45-83-93-56-67(40-49-100(93)108(103(83)60-69)74-23-5-2-6-24-74)66-41-50-101-92(55-66)82-29-12-14-35-98(82)109(101)76-43-47-80-88-33-17-31-86-78-27-10-8-19-72(78)59-96(106(86)88)90(80)62-76/h1-62H. The lowest BCUT2D eigenvalue weighted by atomic mass is 9.95. The molecule has 23 aromatic rings. The van der Waals surface area contributed by atoms with Crippen molar-refractivity contribution < 1.29 is 0 Å². The molecule has 0 fully saturated rings. The molecule has 4 nitrogen and oxygen atoms in total. The molecular formula is C106H62N4. The number of para-hydroxylation sites is 4. The molecule has 4 heteroatoms. The Bertz CT molecular complexity index is 8010. The number of benzene rings is 19. The second-order valence-electron chi connectivity index (χ2n) is 30.2. The minimum absolute atomic E-state index is 1.11. The van der Waals surface area contributed by atoms with Gasteiger partial charge in [-0.3, -0.25) is 0 Å². The van der Waals surface area contributed by atoms with Gasteiger partial charge in [-0.25, -0.2) is 0 Å². The van der Waals surface area contributed by atoms with Crippen LogP contribution in [0.15, 0.2) is 376 Å². The summed E-state index contributed by atoms with van der Waals surface area (Å²) in [5.41, 5.74) is 33.7. The molecule has 0 atom stereocenters. The van der Waals surface area contributed by atoms with Gasteiger partial charge in [-0.15, -0.1) is 0 Å². The van der Waals surface area contributed by atoms with E-state index >= 15 is 0 Å². The van der Waals surface area contributed by atoms with E-state index in [0.29, 0.717) is 0 Å². The molecule has 0 spiro atoms. The molecule has 0 unspecified atom stereocenters. The van der Waals surface area contributed by atoms with E-state index in [1.807, 2.05) is 0 Å². The number of hydrogen-bond donors (Lipinski definition) is 0. The van der Waals surface area contributed by atoms with Gasteiger partial charge in [0.15, 0.2) is 0 Å². The van der Waals surface area contributed by atoms with Crippen LogP contribution in [0.1, 0.15) is 0 Å². The Labute approximate surface area is 632 Å². The summed E-state index contributed by atoms with van der Waals surface area (Å²) in [5.74, 6) is 0. The molecule has 0 radical (unpaired) electrons. The van der Waals surface area contributed by atoms with Crippen LogP contribution in [0.2, 0.25) is 0 Å². The van der Waals surface area contributed by atoms with Gasteiger partial charge in [0, 0.05) is 65.8 Å². The third kappa shape index (κ3) is 8.44. The van der Waals surface area contributed by atoms with E-state index in [1.165, 1.54) is 186 Å². The van der Waals surface area contributed by atoms with Crippen LogP contribution in [0.4, 0.5) is 0 Å². The number of nitrogens with zero attached hydrogens (tertiary/aromatic N) is 4. The molecule has 2 aliphatic carbocycles. The monoisotopic (exact) mass is 1390 g/mol. The van der Waals surface area contributed by atoms with E-state index in [2.05, 4.69) is 394 Å². The molecule has 0 aliphatic heterocycles. The van der Waals surface area contributed by atoms with E-state index in [-0.39, 0.29) is 0 Å². The van der Waals surface area contributed by atoms with Crippen molar-refractivity contribution in [2.24, 2.45) is 0 Å². The summed E-state index contributed by atoms with van der Waals surface area (Å²) in [4.78, 5) is 0. The normalized spacial score (nSPS) is 12.4. The highest BCUT2D eigenvalue weighted by atomic mass is 15.0. The molecule has 19 aromatic carbocycles. The van der Waals surface area contributed by atoms with Crippen molar-refractivity contribution in [1.29, 1.82) is 0 Å². The van der Waals surface area contributed by atoms with Crippen molar-refractivity contribution in [3.8, 4) is 112 Å². The Morgan fingerprint density at radius 2 is 0.455 bits per heavy atom. The highest BCUT2D eigenvalue weighted by Gasteiger charge is 2.28. The Hall–Kier alpha value is -14.6. The second kappa shape index (κ2) is 22.5. The van der Waals surface area contributed by atoms with Gasteiger partial charge in [-0.2, -0.15) is 0 Å². The Kier molecular flexibility index (Phi) is 12.2. The molecule has 2 aliphatic rings. The largest absolute Gasteiger partial charge is 0.309 e. The Balaban J connectivity index is 0.628. The first-order chi connectivity index (χ1) is 54.5. The smallest absolute Gasteiger partial charge is 0.0547 e. The van der Waals surface area contributed by atoms with Gasteiger partial charge in [0.1, 0.15) is 0 Å². The minimum Gasteiger partial charge on any atom is -0.309 e. The zero-order valence-corrected chi connectivity index (χ0v) is 59.6. The average molecular weight is 1390 g/mol. The molecule has 0 saturated heterocycles. The summed E-state index contributed by atoms with van der Waals surface area (Å²) >= 11 is 0. The van der Waals surface area contributed by atoms with Crippen LogP contribution >= 0.6 is 0 Å². The van der Waals surface area contributed by atoms with Gasteiger partial charge in [0.05, 0.1) is 44.1 Å². The Morgan fingerprint density at radius 1 is 0.127 bits per heavy atom. The number of aromatic nitrogens is 4. The predicted molar refractivity (Wildman–Crippen MR) is 464 cm³/mol. The molecule has 0 amide bonds. The summed E-state index contributed by atoms with van der Waals surface area (Å²) in [6.45, 7) is 0. The van der Waals surface area contributed by atoms with E-state index in [1.54, 1.807) is 0 Å². The van der Waals surface area contributed by atoms with Crippen molar-refractivity contribution in [3.05, 3.63) is 376 Å². The fraction of sp³-hybridized carbons (Fsp3) is 0. The SMILES string of the molecule is c1ccc(-n2c3ccccc3c3cc(-c4ccc5c(c4)c4ccc(-c6ccc7c8cc(-c9ccc%10c(c9)c9ccccc9n%10-c9ccc%10c(c9)-c9cc%11ccccc%11c%11cccc-%10c9%11)ccc8n(-c8ccccc8)c7c6)cc4n5-c4cccc(-c5ccc6c(c5)-c5cc7ccccc7c7cccc-6c57)c4)ccc32)cc1. The highest BCUT2D eigenvalue weighted by molar-refractivity contribution is 6.26. The molecule has 0 bridgehead atoms. The summed E-state index contributed by atoms with van der Waals surface area (Å²) in [6, 6.07) is 142. The van der Waals surface area contributed by atoms with E-state index in [4.69, 9.17) is 0 Å². The summed E-state index contributed by atoms with van der Waals surface area (Å²) in [6.07, 6.45) is 0. The molecule has 0 saturated carbocycles. The zero-order chi connectivity index (χ0) is 71.6. The maximum Gasteiger partial charge on any atom is 0.0547 e. The van der Waals surface area contributed by atoms with Crippen molar-refractivity contribution in [2.75, 3.05) is 0 Å². The van der Waals surface area contributed by atoms with E-state index in [0.717, 1.165) is 55.9 Å². The van der Waals surface area contributed by atoms with Crippen LogP contribution in [-0.4, -0.2) is 18.3 Å². The first-order valence-electron chi connectivity index (χ1n) is 38.2. The Morgan fingerprint density at radius 3 is 0.964 bits per heavy atom. The topological polar surface area (TPSA) is 19.7 Å². The van der Waals surface area contributed by atoms with E-state index < -0.39 is 0 Å². The van der Waals surface area contributed by atoms with Crippen LogP contribution in [0, 0.1) is 0 Å². The summed E-state index contributed by atoms with van der Waals surface area (Å²) in [5, 5.41) is 20.2. The molecular weight excluding hydrogens is 1330 g/mol. The molecule has 25 rings (SSSR count). The van der Waals surface area contributed by atoms with Gasteiger partial charge in [-0.1, -0.05) is 237 Å². The fourth-order valence-corrected chi connectivity index (χ4v) is 19.7. The molecule has 4 aromatic heterocycles. The lowest BCUT2D eigenvalue weighted by Gasteiger charge is -2.13. The third-order valence-corrected chi connectivity index (χ3v) is 24.6. The number of fused-ring (bicyclic) bond motifs is 22. The molecule has 110 heavy (non-hydrogen) atoms. The van der Waals surface area contributed by atoms with E-state index in [9.17, 15) is 0 Å². The third-order valence-electron chi connectivity index (χ3n) is 24.6. The quantitative estimate of drug-likeness (QED) is 0.135. The van der Waals surface area contributed by atoms with Crippen LogP contribution in [0.5, 0.6) is 0 Å². The van der Waals surface area contributed by atoms with Crippen LogP contribution in [-0.2, 0) is 0 Å². The van der Waals surface area contributed by atoms with Gasteiger partial charge < -0.3 is 18.3 Å². The lowest BCUT2D eigenvalue weighted by molar-refractivity contribution is 1.18. The van der Waals surface area contributed by atoms with Crippen molar-refractivity contribution in [1.82, 2.24) is 18.3 Å². The number of hydrogen-bond acceptors (Lipinski definition) is 0. The fourth-order valence-electron chi connectivity index (χ4n) is 19.7. The van der Waals surface area contributed by atoms with Gasteiger partial charge >= 0.3 is 0 Å². The lowest BCUT2D eigenvalue weighted by Crippen LogP contribution is -1.95. The number of rotatable bonds is 8. The van der Waals surface area contributed by atoms with Crippen molar-refractivity contribution in [3.63, 3.8) is 0 Å². The molecule has 506 valence electrons. The van der Waals surface area contributed by atoms with Crippen molar-refractivity contribution >= 4 is 130 Å². The van der Waals surface area contributed by atoms with Crippen LogP contribution < -0.4 is 0 Å². The summed E-state index contributed by atoms with van der Waals surface area (Å²) < 4.78 is 9.85. The van der Waals surface area contributed by atoms with Gasteiger partial charge in [-0.05, 0) is 272 Å². The first-order valence-corrected chi connectivity index (χ1v) is 38.2. The first kappa shape index (κ1) is 59.7. The maximum absolute atomic E-state index is 2.51. The van der Waals surface area contributed by atoms with Gasteiger partial charge in [0.25, 0.3) is 0 Å². The average Bonchev–Trinajstić information content (AvgIpc) is 2.04. The van der Waals surface area contributed by atoms with Crippen LogP contribution in [0.3, 0.4) is 0 Å². The predicted octanol–water partition coefficient (Wildman–Crippen LogP) is 28.7. The van der Waals surface area contributed by atoms with Crippen molar-refractivity contribution in [2.45, 2.75) is 0 Å². The maximum atomic E-state index is 2.51. The molecule has 0 N–H and O–H groups in total.